The van der Waals surface area contributed by atoms with Gasteiger partial charge in [0, 0.05) is 42.4 Å². The highest BCUT2D eigenvalue weighted by Gasteiger charge is 2.55. The predicted octanol–water partition coefficient (Wildman–Crippen LogP) is 3.76. The molecule has 5 rings (SSSR count). The highest BCUT2D eigenvalue weighted by atomic mass is 35.5. The van der Waals surface area contributed by atoms with Gasteiger partial charge in [0.15, 0.2) is 0 Å². The van der Waals surface area contributed by atoms with E-state index in [-0.39, 0.29) is 12.5 Å². The number of aliphatic carboxylic acids is 1. The smallest absolute Gasteiger partial charge is 0.305 e. The molecule has 3 heterocycles. The first kappa shape index (κ1) is 21.7. The first-order valence-electron chi connectivity index (χ1n) is 11.7. The number of rotatable bonds is 9. The maximum atomic E-state index is 11.4. The fourth-order valence-electron chi connectivity index (χ4n) is 5.41. The Labute approximate surface area is 194 Å². The minimum Gasteiger partial charge on any atom is -0.481 e. The Morgan fingerprint density at radius 1 is 1.22 bits per heavy atom. The molecule has 3 unspecified atom stereocenters. The van der Waals surface area contributed by atoms with Crippen LogP contribution in [0.2, 0.25) is 5.02 Å². The Balaban J connectivity index is 1.08. The summed E-state index contributed by atoms with van der Waals surface area (Å²) >= 11 is 6.00. The van der Waals surface area contributed by atoms with E-state index in [1.54, 1.807) is 0 Å². The molecule has 2 fully saturated rings. The van der Waals surface area contributed by atoms with E-state index in [2.05, 4.69) is 27.7 Å². The second-order valence-electron chi connectivity index (χ2n) is 9.43. The molecule has 7 heteroatoms. The Hall–Kier alpha value is -2.15. The van der Waals surface area contributed by atoms with Gasteiger partial charge in [-0.05, 0) is 73.4 Å². The number of piperidine rings is 1. The summed E-state index contributed by atoms with van der Waals surface area (Å²) in [4.78, 5) is 18.7. The van der Waals surface area contributed by atoms with E-state index >= 15 is 0 Å². The number of nitrogens with zero attached hydrogens (tertiary/aromatic N) is 2. The number of carbonyl (C=O) groups is 1. The molecule has 3 N–H and O–H groups in total. The minimum atomic E-state index is -0.782. The van der Waals surface area contributed by atoms with Gasteiger partial charge in [0.25, 0.3) is 0 Å². The van der Waals surface area contributed by atoms with Crippen LogP contribution in [0.4, 0.5) is 5.82 Å². The highest BCUT2D eigenvalue weighted by molar-refractivity contribution is 6.30. The Bertz CT molecular complexity index is 955. The summed E-state index contributed by atoms with van der Waals surface area (Å²) in [5.74, 6) is 1.56. The summed E-state index contributed by atoms with van der Waals surface area (Å²) in [6.07, 6.45) is 4.55. The van der Waals surface area contributed by atoms with Crippen LogP contribution in [0.15, 0.2) is 36.4 Å². The highest BCUT2D eigenvalue weighted by Crippen LogP contribution is 2.46. The van der Waals surface area contributed by atoms with Crippen LogP contribution in [0.1, 0.15) is 42.1 Å². The summed E-state index contributed by atoms with van der Waals surface area (Å²) in [6.45, 7) is 4.33. The van der Waals surface area contributed by atoms with E-state index in [0.717, 1.165) is 56.8 Å². The molecule has 1 saturated heterocycles. The maximum Gasteiger partial charge on any atom is 0.305 e. The molecule has 6 nitrogen and oxygen atoms in total. The molecular weight excluding hydrogens is 424 g/mol. The Morgan fingerprint density at radius 2 is 2.00 bits per heavy atom. The third-order valence-corrected chi connectivity index (χ3v) is 7.43. The fraction of sp³-hybridized carbons (Fsp3) is 0.520. The number of benzene rings is 1. The molecular formula is C25H31ClN4O2. The molecule has 1 aromatic carbocycles. The van der Waals surface area contributed by atoms with E-state index in [1.165, 1.54) is 17.7 Å². The van der Waals surface area contributed by atoms with Crippen molar-refractivity contribution in [2.24, 2.45) is 11.8 Å². The fourth-order valence-corrected chi connectivity index (χ4v) is 5.54. The molecule has 1 aliphatic carbocycles. The maximum absolute atomic E-state index is 11.4. The molecule has 0 amide bonds. The number of likely N-dealkylation sites (tertiary alicyclic amines) is 1. The van der Waals surface area contributed by atoms with Crippen LogP contribution in [0.5, 0.6) is 0 Å². The normalized spacial score (nSPS) is 25.0. The second-order valence-corrected chi connectivity index (χ2v) is 9.86. The summed E-state index contributed by atoms with van der Waals surface area (Å²) in [6, 6.07) is 12.2. The molecule has 32 heavy (non-hydrogen) atoms. The minimum absolute atomic E-state index is 0.0872. The van der Waals surface area contributed by atoms with E-state index in [1.807, 2.05) is 24.3 Å². The lowest BCUT2D eigenvalue weighted by Crippen LogP contribution is -2.34. The van der Waals surface area contributed by atoms with Gasteiger partial charge in [-0.1, -0.05) is 29.8 Å². The van der Waals surface area contributed by atoms with E-state index < -0.39 is 5.97 Å². The SMILES string of the molecule is O=C(O)CC(NC1C2CN(CCCc3ccc4c(n3)NCCC4)CC21)c1ccc(Cl)cc1. The van der Waals surface area contributed by atoms with Crippen LogP contribution in [0.25, 0.3) is 0 Å². The van der Waals surface area contributed by atoms with Crippen molar-refractivity contribution in [2.45, 2.75) is 44.2 Å². The largest absolute Gasteiger partial charge is 0.481 e. The number of nitrogens with one attached hydrogen (secondary N) is 2. The van der Waals surface area contributed by atoms with Crippen molar-refractivity contribution in [1.29, 1.82) is 0 Å². The van der Waals surface area contributed by atoms with Crippen molar-refractivity contribution in [3.63, 3.8) is 0 Å². The van der Waals surface area contributed by atoms with Gasteiger partial charge < -0.3 is 20.6 Å². The van der Waals surface area contributed by atoms with Crippen LogP contribution in [-0.2, 0) is 17.6 Å². The average Bonchev–Trinajstić information content (AvgIpc) is 3.22. The van der Waals surface area contributed by atoms with Crippen molar-refractivity contribution in [2.75, 3.05) is 31.5 Å². The lowest BCUT2D eigenvalue weighted by Gasteiger charge is -2.23. The number of hydrogen-bond acceptors (Lipinski definition) is 5. The van der Waals surface area contributed by atoms with Crippen molar-refractivity contribution in [3.8, 4) is 0 Å². The zero-order chi connectivity index (χ0) is 22.1. The van der Waals surface area contributed by atoms with Gasteiger partial charge in [-0.25, -0.2) is 4.98 Å². The Morgan fingerprint density at radius 3 is 2.75 bits per heavy atom. The number of anilines is 1. The van der Waals surface area contributed by atoms with Gasteiger partial charge in [-0.2, -0.15) is 0 Å². The van der Waals surface area contributed by atoms with Gasteiger partial charge >= 0.3 is 5.97 Å². The molecule has 0 radical (unpaired) electrons. The number of pyridine rings is 1. The molecule has 1 saturated carbocycles. The molecule has 2 aliphatic heterocycles. The topological polar surface area (TPSA) is 77.5 Å². The molecule has 3 atom stereocenters. The quantitative estimate of drug-likeness (QED) is 0.535. The van der Waals surface area contributed by atoms with Crippen molar-refractivity contribution in [1.82, 2.24) is 15.2 Å². The van der Waals surface area contributed by atoms with Crippen molar-refractivity contribution >= 4 is 23.4 Å². The van der Waals surface area contributed by atoms with Gasteiger partial charge in [0.1, 0.15) is 5.82 Å². The van der Waals surface area contributed by atoms with Crippen molar-refractivity contribution in [3.05, 3.63) is 58.2 Å². The van der Waals surface area contributed by atoms with E-state index in [9.17, 15) is 9.90 Å². The first-order valence-corrected chi connectivity index (χ1v) is 12.1. The molecule has 2 aromatic rings. The number of fused-ring (bicyclic) bond motifs is 2. The second kappa shape index (κ2) is 9.38. The van der Waals surface area contributed by atoms with Crippen LogP contribution >= 0.6 is 11.6 Å². The van der Waals surface area contributed by atoms with Gasteiger partial charge in [0.2, 0.25) is 0 Å². The number of aromatic nitrogens is 1. The number of carboxylic acids is 1. The van der Waals surface area contributed by atoms with Gasteiger partial charge in [-0.3, -0.25) is 4.79 Å². The standard InChI is InChI=1S/C25H31ClN4O2/c26-18-8-5-16(6-9-18)22(13-23(31)32)29-24-20-14-30(15-21(20)24)12-2-4-19-10-7-17-3-1-11-27-25(17)28-19/h5-10,20-22,24,29H,1-4,11-15H2,(H,27,28)(H,31,32). The Kier molecular flexibility index (Phi) is 6.35. The van der Waals surface area contributed by atoms with Crippen LogP contribution < -0.4 is 10.6 Å². The zero-order valence-electron chi connectivity index (χ0n) is 18.3. The van der Waals surface area contributed by atoms with Crippen LogP contribution in [0, 0.1) is 11.8 Å². The number of hydrogen-bond donors (Lipinski definition) is 3. The third-order valence-electron chi connectivity index (χ3n) is 7.17. The average molecular weight is 455 g/mol. The molecule has 0 bridgehead atoms. The summed E-state index contributed by atoms with van der Waals surface area (Å²) < 4.78 is 0. The lowest BCUT2D eigenvalue weighted by atomic mass is 10.0. The molecule has 0 spiro atoms. The van der Waals surface area contributed by atoms with E-state index in [4.69, 9.17) is 16.6 Å². The number of aryl methyl sites for hydroxylation is 2. The molecule has 1 aromatic heterocycles. The van der Waals surface area contributed by atoms with E-state index in [0.29, 0.717) is 22.9 Å². The summed E-state index contributed by atoms with van der Waals surface area (Å²) in [5, 5.41) is 17.1. The molecule has 170 valence electrons. The van der Waals surface area contributed by atoms with Gasteiger partial charge in [-0.15, -0.1) is 0 Å². The van der Waals surface area contributed by atoms with Crippen molar-refractivity contribution < 1.29 is 9.90 Å². The summed E-state index contributed by atoms with van der Waals surface area (Å²) in [7, 11) is 0. The molecule has 3 aliphatic rings. The van der Waals surface area contributed by atoms with Gasteiger partial charge in [0.05, 0.1) is 6.42 Å². The lowest BCUT2D eigenvalue weighted by molar-refractivity contribution is -0.137. The summed E-state index contributed by atoms with van der Waals surface area (Å²) in [5.41, 5.74) is 3.52. The predicted molar refractivity (Wildman–Crippen MR) is 126 cm³/mol. The number of halogens is 1. The third kappa shape index (κ3) is 4.92. The number of carboxylic acid groups (broad SMARTS) is 1. The first-order chi connectivity index (χ1) is 15.6. The zero-order valence-corrected chi connectivity index (χ0v) is 19.0. The monoisotopic (exact) mass is 454 g/mol. The van der Waals surface area contributed by atoms with Crippen LogP contribution in [-0.4, -0.2) is 53.2 Å². The van der Waals surface area contributed by atoms with Crippen LogP contribution in [0.3, 0.4) is 0 Å².